The van der Waals surface area contributed by atoms with Crippen LogP contribution in [0.15, 0.2) is 4.42 Å². The highest BCUT2D eigenvalue weighted by Crippen LogP contribution is 2.39. The van der Waals surface area contributed by atoms with E-state index in [1.54, 1.807) is 11.8 Å². The normalized spacial score (nSPS) is 16.0. The van der Waals surface area contributed by atoms with Gasteiger partial charge < -0.3 is 9.52 Å². The Balaban J connectivity index is 1.84. The first kappa shape index (κ1) is 15.4. The molecule has 2 rings (SSSR count). The van der Waals surface area contributed by atoms with Crippen LogP contribution in [-0.4, -0.2) is 51.2 Å². The van der Waals surface area contributed by atoms with E-state index >= 15 is 0 Å². The SMILES string of the molecule is CCN(CC(=O)Nc1nnc(C2CC2)o1)C(C)CC(=O)O. The predicted octanol–water partition coefficient (Wildman–Crippen LogP) is 1.07. The van der Waals surface area contributed by atoms with E-state index in [2.05, 4.69) is 15.5 Å². The van der Waals surface area contributed by atoms with Crippen LogP contribution in [0.5, 0.6) is 0 Å². The molecule has 1 amide bonds. The molecule has 1 aromatic rings. The molecule has 0 aliphatic heterocycles. The van der Waals surface area contributed by atoms with Gasteiger partial charge in [-0.15, -0.1) is 5.10 Å². The number of amides is 1. The van der Waals surface area contributed by atoms with Gasteiger partial charge in [0, 0.05) is 12.0 Å². The van der Waals surface area contributed by atoms with Crippen LogP contribution in [0, 0.1) is 0 Å². The number of likely N-dealkylation sites (N-methyl/N-ethyl adjacent to an activating group) is 1. The molecule has 21 heavy (non-hydrogen) atoms. The van der Waals surface area contributed by atoms with Crippen molar-refractivity contribution in [2.75, 3.05) is 18.4 Å². The minimum atomic E-state index is -0.882. The summed E-state index contributed by atoms with van der Waals surface area (Å²) in [6.45, 7) is 4.33. The summed E-state index contributed by atoms with van der Waals surface area (Å²) >= 11 is 0. The minimum absolute atomic E-state index is 0.00644. The van der Waals surface area contributed by atoms with Gasteiger partial charge in [-0.2, -0.15) is 0 Å². The molecule has 1 saturated carbocycles. The average Bonchev–Trinajstić information content (AvgIpc) is 3.16. The van der Waals surface area contributed by atoms with Gasteiger partial charge >= 0.3 is 12.0 Å². The summed E-state index contributed by atoms with van der Waals surface area (Å²) in [5.74, 6) is -0.268. The van der Waals surface area contributed by atoms with Crippen LogP contribution in [-0.2, 0) is 9.59 Å². The highest BCUT2D eigenvalue weighted by Gasteiger charge is 2.29. The van der Waals surface area contributed by atoms with Crippen LogP contribution < -0.4 is 5.32 Å². The van der Waals surface area contributed by atoms with Crippen molar-refractivity contribution in [2.24, 2.45) is 0 Å². The molecule has 8 heteroatoms. The number of aliphatic carboxylic acids is 1. The molecule has 1 unspecified atom stereocenters. The third kappa shape index (κ3) is 4.52. The topological polar surface area (TPSA) is 109 Å². The first-order valence-corrected chi connectivity index (χ1v) is 7.08. The molecule has 1 aliphatic rings. The van der Waals surface area contributed by atoms with Crippen molar-refractivity contribution in [3.05, 3.63) is 5.89 Å². The lowest BCUT2D eigenvalue weighted by atomic mass is 10.2. The molecule has 1 aliphatic carbocycles. The standard InChI is InChI=1S/C13H20N4O4/c1-3-17(8(2)6-11(19)20)7-10(18)14-13-16-15-12(21-13)9-4-5-9/h8-9H,3-7H2,1-2H3,(H,19,20)(H,14,16,18). The zero-order valence-corrected chi connectivity index (χ0v) is 12.2. The summed E-state index contributed by atoms with van der Waals surface area (Å²) in [6, 6.07) is -0.119. The quantitative estimate of drug-likeness (QED) is 0.738. The van der Waals surface area contributed by atoms with Gasteiger partial charge in [-0.25, -0.2) is 0 Å². The van der Waals surface area contributed by atoms with Crippen LogP contribution >= 0.6 is 0 Å². The van der Waals surface area contributed by atoms with Crippen LogP contribution in [0.1, 0.15) is 44.9 Å². The van der Waals surface area contributed by atoms with Gasteiger partial charge in [-0.1, -0.05) is 12.0 Å². The first-order chi connectivity index (χ1) is 9.99. The van der Waals surface area contributed by atoms with Crippen molar-refractivity contribution in [1.29, 1.82) is 0 Å². The largest absolute Gasteiger partial charge is 0.481 e. The van der Waals surface area contributed by atoms with Crippen molar-refractivity contribution in [2.45, 2.75) is 45.1 Å². The predicted molar refractivity (Wildman–Crippen MR) is 73.9 cm³/mol. The van der Waals surface area contributed by atoms with Gasteiger partial charge in [-0.05, 0) is 26.3 Å². The number of nitrogens with one attached hydrogen (secondary N) is 1. The number of nitrogens with zero attached hydrogens (tertiary/aromatic N) is 3. The molecule has 0 bridgehead atoms. The summed E-state index contributed by atoms with van der Waals surface area (Å²) in [7, 11) is 0. The number of hydrogen-bond acceptors (Lipinski definition) is 6. The van der Waals surface area contributed by atoms with E-state index in [4.69, 9.17) is 9.52 Å². The third-order valence-electron chi connectivity index (χ3n) is 3.46. The monoisotopic (exact) mass is 296 g/mol. The number of carbonyl (C=O) groups is 2. The molecule has 1 aromatic heterocycles. The molecule has 116 valence electrons. The lowest BCUT2D eigenvalue weighted by Gasteiger charge is -2.25. The van der Waals surface area contributed by atoms with Gasteiger partial charge in [0.25, 0.3) is 0 Å². The number of carboxylic acids is 1. The van der Waals surface area contributed by atoms with Crippen molar-refractivity contribution >= 4 is 17.9 Å². The second-order valence-electron chi connectivity index (χ2n) is 5.28. The second kappa shape index (κ2) is 6.66. The Morgan fingerprint density at radius 3 is 2.76 bits per heavy atom. The smallest absolute Gasteiger partial charge is 0.322 e. The zero-order valence-electron chi connectivity index (χ0n) is 12.2. The third-order valence-corrected chi connectivity index (χ3v) is 3.46. The van der Waals surface area contributed by atoms with E-state index in [9.17, 15) is 9.59 Å². The number of hydrogen-bond donors (Lipinski definition) is 2. The molecule has 2 N–H and O–H groups in total. The molecule has 8 nitrogen and oxygen atoms in total. The van der Waals surface area contributed by atoms with Gasteiger partial charge in [-0.3, -0.25) is 19.8 Å². The lowest BCUT2D eigenvalue weighted by molar-refractivity contribution is -0.138. The van der Waals surface area contributed by atoms with Crippen LogP contribution in [0.3, 0.4) is 0 Å². The molecule has 0 aromatic carbocycles. The summed E-state index contributed by atoms with van der Waals surface area (Å²) in [5.41, 5.74) is 0. The molecular formula is C13H20N4O4. The summed E-state index contributed by atoms with van der Waals surface area (Å²) in [6.07, 6.45) is 2.09. The molecule has 0 spiro atoms. The Hall–Kier alpha value is -1.96. The van der Waals surface area contributed by atoms with Gasteiger partial charge in [0.1, 0.15) is 0 Å². The number of anilines is 1. The zero-order chi connectivity index (χ0) is 15.4. The Morgan fingerprint density at radius 2 is 2.19 bits per heavy atom. The van der Waals surface area contributed by atoms with Gasteiger partial charge in [0.15, 0.2) is 0 Å². The molecule has 1 atom stereocenters. The number of aromatic nitrogens is 2. The van der Waals surface area contributed by atoms with Crippen LogP contribution in [0.2, 0.25) is 0 Å². The fraction of sp³-hybridized carbons (Fsp3) is 0.692. The molecule has 1 heterocycles. The lowest BCUT2D eigenvalue weighted by Crippen LogP contribution is -2.40. The first-order valence-electron chi connectivity index (χ1n) is 7.08. The van der Waals surface area contributed by atoms with Crippen molar-refractivity contribution < 1.29 is 19.1 Å². The van der Waals surface area contributed by atoms with Gasteiger partial charge in [0.2, 0.25) is 11.8 Å². The van der Waals surface area contributed by atoms with E-state index in [1.807, 2.05) is 6.92 Å². The van der Waals surface area contributed by atoms with E-state index in [1.165, 1.54) is 0 Å². The van der Waals surface area contributed by atoms with Crippen molar-refractivity contribution in [3.8, 4) is 0 Å². The van der Waals surface area contributed by atoms with E-state index in [-0.39, 0.29) is 30.9 Å². The number of carbonyl (C=O) groups excluding carboxylic acids is 1. The van der Waals surface area contributed by atoms with Crippen molar-refractivity contribution in [1.82, 2.24) is 15.1 Å². The Bertz CT molecular complexity index is 512. The number of carboxylic acid groups (broad SMARTS) is 1. The summed E-state index contributed by atoms with van der Waals surface area (Å²) in [4.78, 5) is 24.4. The Labute approximate surface area is 122 Å². The number of rotatable bonds is 8. The summed E-state index contributed by atoms with van der Waals surface area (Å²) < 4.78 is 5.35. The molecule has 1 fully saturated rings. The maximum Gasteiger partial charge on any atom is 0.322 e. The van der Waals surface area contributed by atoms with Crippen LogP contribution in [0.25, 0.3) is 0 Å². The molecule has 0 saturated heterocycles. The highest BCUT2D eigenvalue weighted by atomic mass is 16.4. The van der Waals surface area contributed by atoms with Gasteiger partial charge in [0.05, 0.1) is 13.0 Å². The van der Waals surface area contributed by atoms with E-state index in [0.29, 0.717) is 18.4 Å². The maximum atomic E-state index is 11.9. The van der Waals surface area contributed by atoms with Crippen molar-refractivity contribution in [3.63, 3.8) is 0 Å². The highest BCUT2D eigenvalue weighted by molar-refractivity contribution is 5.90. The fourth-order valence-corrected chi connectivity index (χ4v) is 2.08. The maximum absolute atomic E-state index is 11.9. The summed E-state index contributed by atoms with van der Waals surface area (Å²) in [5, 5.41) is 19.0. The molecular weight excluding hydrogens is 276 g/mol. The van der Waals surface area contributed by atoms with E-state index in [0.717, 1.165) is 12.8 Å². The molecule has 0 radical (unpaired) electrons. The second-order valence-corrected chi connectivity index (χ2v) is 5.28. The van der Waals surface area contributed by atoms with Crippen LogP contribution in [0.4, 0.5) is 6.01 Å². The Kier molecular flexibility index (Phi) is 4.89. The average molecular weight is 296 g/mol. The minimum Gasteiger partial charge on any atom is -0.481 e. The fourth-order valence-electron chi connectivity index (χ4n) is 2.08. The Morgan fingerprint density at radius 1 is 1.48 bits per heavy atom. The van der Waals surface area contributed by atoms with E-state index < -0.39 is 5.97 Å².